The van der Waals surface area contributed by atoms with Gasteiger partial charge in [-0.25, -0.2) is 0 Å². The summed E-state index contributed by atoms with van der Waals surface area (Å²) in [6.07, 6.45) is 5.13. The van der Waals surface area contributed by atoms with Crippen LogP contribution in [0, 0.1) is 0 Å². The second-order valence-corrected chi connectivity index (χ2v) is 6.36. The maximum Gasteiger partial charge on any atom is 0.223 e. The van der Waals surface area contributed by atoms with Crippen molar-refractivity contribution >= 4 is 21.8 Å². The van der Waals surface area contributed by atoms with Crippen molar-refractivity contribution in [2.45, 2.75) is 38.1 Å². The molecule has 1 heterocycles. The number of carbonyl (C=O) groups excluding carboxylic acids is 1. The Hall–Kier alpha value is -0.870. The van der Waals surface area contributed by atoms with Crippen molar-refractivity contribution in [3.05, 3.63) is 34.3 Å². The summed E-state index contributed by atoms with van der Waals surface area (Å²) >= 11 is 3.55. The van der Waals surface area contributed by atoms with Gasteiger partial charge in [0.05, 0.1) is 0 Å². The number of nitrogens with one attached hydrogen (secondary N) is 1. The Morgan fingerprint density at radius 1 is 1.40 bits per heavy atom. The highest BCUT2D eigenvalue weighted by Crippen LogP contribution is 2.17. The summed E-state index contributed by atoms with van der Waals surface area (Å²) in [6, 6.07) is 8.57. The van der Waals surface area contributed by atoms with Crippen molar-refractivity contribution in [2.24, 2.45) is 0 Å². The number of rotatable bonds is 5. The Labute approximate surface area is 129 Å². The Morgan fingerprint density at radius 3 is 2.90 bits per heavy atom. The van der Waals surface area contributed by atoms with Gasteiger partial charge in [0.25, 0.3) is 0 Å². The standard InChI is InChI=1S/C16H23BrN2O/c1-19(11-9-13-6-2-3-8-15(13)17)16(20)12-14-7-4-5-10-18-14/h2-3,6,8,14,18H,4-5,7,9-12H2,1H3. The van der Waals surface area contributed by atoms with Gasteiger partial charge in [-0.05, 0) is 37.4 Å². The maximum absolute atomic E-state index is 12.2. The van der Waals surface area contributed by atoms with Crippen LogP contribution in [0.25, 0.3) is 0 Å². The number of halogens is 1. The molecule has 4 heteroatoms. The Balaban J connectivity index is 1.77. The van der Waals surface area contributed by atoms with E-state index in [1.807, 2.05) is 30.1 Å². The van der Waals surface area contributed by atoms with Gasteiger partial charge in [-0.2, -0.15) is 0 Å². The molecule has 110 valence electrons. The van der Waals surface area contributed by atoms with E-state index in [2.05, 4.69) is 27.3 Å². The summed E-state index contributed by atoms with van der Waals surface area (Å²) in [4.78, 5) is 14.0. The molecule has 1 unspecified atom stereocenters. The van der Waals surface area contributed by atoms with Crippen molar-refractivity contribution in [2.75, 3.05) is 20.1 Å². The molecule has 1 aromatic rings. The topological polar surface area (TPSA) is 32.3 Å². The molecule has 0 saturated carbocycles. The molecule has 1 saturated heterocycles. The van der Waals surface area contributed by atoms with Crippen molar-refractivity contribution < 1.29 is 4.79 Å². The van der Waals surface area contributed by atoms with Crippen LogP contribution in [-0.2, 0) is 11.2 Å². The molecular weight excluding hydrogens is 316 g/mol. The summed E-state index contributed by atoms with van der Waals surface area (Å²) in [7, 11) is 1.90. The van der Waals surface area contributed by atoms with E-state index >= 15 is 0 Å². The molecule has 1 N–H and O–H groups in total. The Morgan fingerprint density at radius 2 is 2.20 bits per heavy atom. The normalized spacial score (nSPS) is 18.8. The van der Waals surface area contributed by atoms with Crippen LogP contribution in [0.4, 0.5) is 0 Å². The summed E-state index contributed by atoms with van der Waals surface area (Å²) < 4.78 is 1.12. The fourth-order valence-electron chi connectivity index (χ4n) is 2.58. The first-order valence-electron chi connectivity index (χ1n) is 7.37. The molecular formula is C16H23BrN2O. The summed E-state index contributed by atoms with van der Waals surface area (Å²) in [5.74, 6) is 0.247. The zero-order valence-corrected chi connectivity index (χ0v) is 13.7. The van der Waals surface area contributed by atoms with E-state index in [-0.39, 0.29) is 5.91 Å². The second-order valence-electron chi connectivity index (χ2n) is 5.51. The van der Waals surface area contributed by atoms with E-state index < -0.39 is 0 Å². The molecule has 0 spiro atoms. The van der Waals surface area contributed by atoms with E-state index in [4.69, 9.17) is 0 Å². The molecule has 1 aromatic carbocycles. The second kappa shape index (κ2) is 7.79. The monoisotopic (exact) mass is 338 g/mol. The minimum atomic E-state index is 0.247. The molecule has 0 aromatic heterocycles. The third-order valence-corrected chi connectivity index (χ3v) is 4.71. The van der Waals surface area contributed by atoms with Crippen LogP contribution in [0.2, 0.25) is 0 Å². The van der Waals surface area contributed by atoms with Crippen LogP contribution in [0.5, 0.6) is 0 Å². The lowest BCUT2D eigenvalue weighted by Crippen LogP contribution is -2.39. The number of nitrogens with zero attached hydrogens (tertiary/aromatic N) is 1. The van der Waals surface area contributed by atoms with Gasteiger partial charge in [-0.1, -0.05) is 40.5 Å². The number of hydrogen-bond donors (Lipinski definition) is 1. The number of carbonyl (C=O) groups is 1. The molecule has 0 radical (unpaired) electrons. The van der Waals surface area contributed by atoms with Gasteiger partial charge in [-0.15, -0.1) is 0 Å². The summed E-state index contributed by atoms with van der Waals surface area (Å²) in [5.41, 5.74) is 1.25. The zero-order chi connectivity index (χ0) is 14.4. The van der Waals surface area contributed by atoms with Crippen molar-refractivity contribution in [3.63, 3.8) is 0 Å². The molecule has 1 aliphatic rings. The largest absolute Gasteiger partial charge is 0.345 e. The first kappa shape index (κ1) is 15.5. The minimum Gasteiger partial charge on any atom is -0.345 e. The van der Waals surface area contributed by atoms with E-state index in [1.54, 1.807) is 0 Å². The quantitative estimate of drug-likeness (QED) is 0.895. The van der Waals surface area contributed by atoms with Crippen molar-refractivity contribution in [1.82, 2.24) is 10.2 Å². The van der Waals surface area contributed by atoms with E-state index in [9.17, 15) is 4.79 Å². The summed E-state index contributed by atoms with van der Waals surface area (Å²) in [5, 5.41) is 3.43. The Kier molecular flexibility index (Phi) is 6.05. The third-order valence-electron chi connectivity index (χ3n) is 3.93. The first-order chi connectivity index (χ1) is 9.66. The maximum atomic E-state index is 12.2. The highest BCUT2D eigenvalue weighted by Gasteiger charge is 2.18. The number of amides is 1. The van der Waals surface area contributed by atoms with Crippen LogP contribution < -0.4 is 5.32 Å². The van der Waals surface area contributed by atoms with Crippen LogP contribution >= 0.6 is 15.9 Å². The van der Waals surface area contributed by atoms with Gasteiger partial charge in [0.15, 0.2) is 0 Å². The molecule has 1 fully saturated rings. The molecule has 1 atom stereocenters. The molecule has 0 aliphatic carbocycles. The lowest BCUT2D eigenvalue weighted by atomic mass is 10.0. The van der Waals surface area contributed by atoms with E-state index in [0.717, 1.165) is 30.4 Å². The van der Waals surface area contributed by atoms with E-state index in [1.165, 1.54) is 18.4 Å². The fourth-order valence-corrected chi connectivity index (χ4v) is 3.06. The smallest absolute Gasteiger partial charge is 0.223 e. The lowest BCUT2D eigenvalue weighted by molar-refractivity contribution is -0.130. The molecule has 1 aliphatic heterocycles. The molecule has 2 rings (SSSR count). The summed E-state index contributed by atoms with van der Waals surface area (Å²) in [6.45, 7) is 1.83. The van der Waals surface area contributed by atoms with E-state index in [0.29, 0.717) is 12.5 Å². The number of piperidine rings is 1. The average Bonchev–Trinajstić information content (AvgIpc) is 2.47. The highest BCUT2D eigenvalue weighted by atomic mass is 79.9. The van der Waals surface area contributed by atoms with Gasteiger partial charge >= 0.3 is 0 Å². The van der Waals surface area contributed by atoms with Gasteiger partial charge in [0, 0.05) is 30.5 Å². The van der Waals surface area contributed by atoms with Gasteiger partial charge in [0.2, 0.25) is 5.91 Å². The predicted octanol–water partition coefficient (Wildman–Crippen LogP) is 2.98. The first-order valence-corrected chi connectivity index (χ1v) is 8.17. The average molecular weight is 339 g/mol. The number of likely N-dealkylation sites (N-methyl/N-ethyl adjacent to an activating group) is 1. The van der Waals surface area contributed by atoms with Crippen LogP contribution in [0.3, 0.4) is 0 Å². The van der Waals surface area contributed by atoms with Gasteiger partial charge in [-0.3, -0.25) is 4.79 Å². The predicted molar refractivity (Wildman–Crippen MR) is 85.7 cm³/mol. The van der Waals surface area contributed by atoms with Gasteiger partial charge in [0.1, 0.15) is 0 Å². The minimum absolute atomic E-state index is 0.247. The lowest BCUT2D eigenvalue weighted by Gasteiger charge is -2.25. The van der Waals surface area contributed by atoms with Crippen LogP contribution in [-0.4, -0.2) is 37.0 Å². The molecule has 1 amide bonds. The molecule has 3 nitrogen and oxygen atoms in total. The number of hydrogen-bond acceptors (Lipinski definition) is 2. The third kappa shape index (κ3) is 4.60. The van der Waals surface area contributed by atoms with Gasteiger partial charge < -0.3 is 10.2 Å². The number of benzene rings is 1. The molecule has 0 bridgehead atoms. The molecule has 20 heavy (non-hydrogen) atoms. The van der Waals surface area contributed by atoms with Crippen LogP contribution in [0.1, 0.15) is 31.2 Å². The van der Waals surface area contributed by atoms with Crippen LogP contribution in [0.15, 0.2) is 28.7 Å². The van der Waals surface area contributed by atoms with Crippen molar-refractivity contribution in [3.8, 4) is 0 Å². The highest BCUT2D eigenvalue weighted by molar-refractivity contribution is 9.10. The Bertz CT molecular complexity index is 444. The zero-order valence-electron chi connectivity index (χ0n) is 12.1. The fraction of sp³-hybridized carbons (Fsp3) is 0.562. The SMILES string of the molecule is CN(CCc1ccccc1Br)C(=O)CC1CCCCN1. The van der Waals surface area contributed by atoms with Crippen molar-refractivity contribution in [1.29, 1.82) is 0 Å².